The van der Waals surface area contributed by atoms with E-state index >= 15 is 0 Å². The first-order valence-corrected chi connectivity index (χ1v) is 20.9. The second-order valence-electron chi connectivity index (χ2n) is 15.6. The zero-order valence-electron chi connectivity index (χ0n) is 33.8. The van der Waals surface area contributed by atoms with Crippen LogP contribution >= 0.6 is 0 Å². The van der Waals surface area contributed by atoms with Gasteiger partial charge in [-0.15, -0.1) is 0 Å². The number of nitrogens with one attached hydrogen (secondary N) is 2. The summed E-state index contributed by atoms with van der Waals surface area (Å²) >= 11 is 0. The van der Waals surface area contributed by atoms with Crippen LogP contribution in [0.25, 0.3) is 38.9 Å². The minimum atomic E-state index is -0.747. The van der Waals surface area contributed by atoms with Crippen molar-refractivity contribution in [2.75, 3.05) is 49.5 Å². The van der Waals surface area contributed by atoms with Crippen LogP contribution in [-0.4, -0.2) is 80.1 Å². The molecule has 0 aliphatic carbocycles. The standard InChI is InChI=1S/C46H53N9O3/c1-4-52-25-27-53(28-26-52)41-30-38(34-17-10-8-11-18-34)49-44-42(31(2)51-55(41)44)35-19-13-16-33(29-35)15-9-6-5-7-12-24-47-36-20-14-21-37-43(36)46(58)54(32(3)48-37)39-22-23-40(56)50-45(39)57/h8,10-11,13-14,16-21,29-30,39,47H,4-7,9,12,15,22-28H2,1-3H3,(H,50,56,57). The number of likely N-dealkylation sites (N-methyl/N-ethyl adjacent to an activating group) is 1. The summed E-state index contributed by atoms with van der Waals surface area (Å²) in [6, 6.07) is 26.4. The molecule has 1 atom stereocenters. The minimum Gasteiger partial charge on any atom is -0.384 e. The number of unbranched alkanes of at least 4 members (excludes halogenated alkanes) is 4. The van der Waals surface area contributed by atoms with E-state index in [1.54, 1.807) is 6.92 Å². The predicted octanol–water partition coefficient (Wildman–Crippen LogP) is 7.11. The van der Waals surface area contributed by atoms with Crippen molar-refractivity contribution >= 4 is 39.9 Å². The number of piperazine rings is 1. The minimum absolute atomic E-state index is 0.196. The highest BCUT2D eigenvalue weighted by atomic mass is 16.2. The van der Waals surface area contributed by atoms with E-state index in [9.17, 15) is 14.4 Å². The van der Waals surface area contributed by atoms with Gasteiger partial charge in [-0.1, -0.05) is 86.8 Å². The molecule has 12 heteroatoms. The summed E-state index contributed by atoms with van der Waals surface area (Å²) in [5, 5.41) is 11.4. The van der Waals surface area contributed by atoms with Crippen molar-refractivity contribution in [3.8, 4) is 22.4 Å². The Labute approximate surface area is 339 Å². The molecular weight excluding hydrogens is 727 g/mol. The third-order valence-electron chi connectivity index (χ3n) is 11.8. The molecule has 0 saturated carbocycles. The second-order valence-corrected chi connectivity index (χ2v) is 15.6. The summed E-state index contributed by atoms with van der Waals surface area (Å²) in [6.45, 7) is 11.8. The molecule has 5 heterocycles. The monoisotopic (exact) mass is 779 g/mol. The van der Waals surface area contributed by atoms with Crippen molar-refractivity contribution in [3.63, 3.8) is 0 Å². The zero-order chi connectivity index (χ0) is 40.2. The van der Waals surface area contributed by atoms with Crippen LogP contribution in [0.3, 0.4) is 0 Å². The first-order chi connectivity index (χ1) is 28.3. The highest BCUT2D eigenvalue weighted by Crippen LogP contribution is 2.34. The third-order valence-corrected chi connectivity index (χ3v) is 11.8. The lowest BCUT2D eigenvalue weighted by Gasteiger charge is -2.35. The molecule has 2 amide bonds. The fraction of sp³-hybridized carbons (Fsp3) is 0.391. The number of nitrogens with zero attached hydrogens (tertiary/aromatic N) is 7. The summed E-state index contributed by atoms with van der Waals surface area (Å²) < 4.78 is 3.50. The summed E-state index contributed by atoms with van der Waals surface area (Å²) in [4.78, 5) is 53.0. The molecule has 2 N–H and O–H groups in total. The first kappa shape index (κ1) is 39.0. The van der Waals surface area contributed by atoms with Gasteiger partial charge in [0.1, 0.15) is 17.7 Å². The van der Waals surface area contributed by atoms with E-state index in [4.69, 9.17) is 10.1 Å². The number of aryl methyl sites for hydroxylation is 3. The normalized spacial score (nSPS) is 16.3. The van der Waals surface area contributed by atoms with Gasteiger partial charge >= 0.3 is 0 Å². The predicted molar refractivity (Wildman–Crippen MR) is 230 cm³/mol. The Morgan fingerprint density at radius 1 is 0.810 bits per heavy atom. The average Bonchev–Trinajstić information content (AvgIpc) is 3.58. The van der Waals surface area contributed by atoms with Crippen molar-refractivity contribution in [1.82, 2.24) is 34.4 Å². The molecule has 1 unspecified atom stereocenters. The van der Waals surface area contributed by atoms with E-state index in [-0.39, 0.29) is 24.3 Å². The van der Waals surface area contributed by atoms with E-state index in [1.165, 1.54) is 10.1 Å². The summed E-state index contributed by atoms with van der Waals surface area (Å²) in [5.41, 5.74) is 8.54. The number of rotatable bonds is 14. The molecule has 0 spiro atoms. The smallest absolute Gasteiger partial charge is 0.264 e. The fourth-order valence-electron chi connectivity index (χ4n) is 8.61. The number of amides is 2. The molecule has 0 radical (unpaired) electrons. The van der Waals surface area contributed by atoms with E-state index in [1.807, 2.05) is 24.3 Å². The van der Waals surface area contributed by atoms with Gasteiger partial charge in [-0.3, -0.25) is 24.3 Å². The molecule has 58 heavy (non-hydrogen) atoms. The molecule has 8 rings (SSSR count). The number of hydrogen-bond acceptors (Lipinski definition) is 9. The molecular formula is C46H53N9O3. The molecule has 0 bridgehead atoms. The number of anilines is 2. The Balaban J connectivity index is 0.895. The number of fused-ring (bicyclic) bond motifs is 2. The molecule has 2 aliphatic heterocycles. The SMILES string of the molecule is CCN1CCN(c2cc(-c3ccccc3)nc3c(-c4cccc(CCCCCCCNc5cccc6nc(C)n(C7CCC(=O)NC7=O)c(=O)c56)c4)c(C)nn23)CC1. The highest BCUT2D eigenvalue weighted by Gasteiger charge is 2.31. The number of imide groups is 1. The van der Waals surface area contributed by atoms with Crippen molar-refractivity contribution in [1.29, 1.82) is 0 Å². The van der Waals surface area contributed by atoms with Gasteiger partial charge in [-0.2, -0.15) is 9.61 Å². The quantitative estimate of drug-likeness (QED) is 0.0878. The number of aromatic nitrogens is 5. The van der Waals surface area contributed by atoms with Gasteiger partial charge in [0.25, 0.3) is 5.56 Å². The molecule has 3 aromatic heterocycles. The summed E-state index contributed by atoms with van der Waals surface area (Å²) in [6.07, 6.45) is 6.87. The van der Waals surface area contributed by atoms with Crippen LogP contribution in [0.15, 0.2) is 83.7 Å². The van der Waals surface area contributed by atoms with Gasteiger partial charge in [0.2, 0.25) is 11.8 Å². The fourth-order valence-corrected chi connectivity index (χ4v) is 8.61. The van der Waals surface area contributed by atoms with Crippen molar-refractivity contribution in [2.24, 2.45) is 0 Å². The summed E-state index contributed by atoms with van der Waals surface area (Å²) in [5.74, 6) is 0.788. The number of piperidine rings is 1. The van der Waals surface area contributed by atoms with Crippen LogP contribution in [-0.2, 0) is 16.0 Å². The van der Waals surface area contributed by atoms with E-state index < -0.39 is 11.9 Å². The highest BCUT2D eigenvalue weighted by molar-refractivity contribution is 6.00. The van der Waals surface area contributed by atoms with E-state index in [0.717, 1.165) is 123 Å². The Morgan fingerprint density at radius 3 is 2.36 bits per heavy atom. The largest absolute Gasteiger partial charge is 0.384 e. The van der Waals surface area contributed by atoms with Gasteiger partial charge < -0.3 is 15.1 Å². The van der Waals surface area contributed by atoms with E-state index in [0.29, 0.717) is 16.7 Å². The topological polar surface area (TPSA) is 130 Å². The maximum atomic E-state index is 13.7. The molecule has 12 nitrogen and oxygen atoms in total. The van der Waals surface area contributed by atoms with Crippen LogP contribution in [0, 0.1) is 13.8 Å². The molecule has 6 aromatic rings. The van der Waals surface area contributed by atoms with Gasteiger partial charge in [-0.25, -0.2) is 9.97 Å². The lowest BCUT2D eigenvalue weighted by atomic mass is 9.99. The van der Waals surface area contributed by atoms with Crippen LogP contribution < -0.4 is 21.1 Å². The van der Waals surface area contributed by atoms with Crippen molar-refractivity contribution in [3.05, 3.63) is 106 Å². The van der Waals surface area contributed by atoms with Gasteiger partial charge in [0, 0.05) is 62.0 Å². The lowest BCUT2D eigenvalue weighted by Crippen LogP contribution is -2.46. The number of benzene rings is 3. The number of carbonyl (C=O) groups excluding carboxylic acids is 2. The molecule has 2 fully saturated rings. The summed E-state index contributed by atoms with van der Waals surface area (Å²) in [7, 11) is 0. The van der Waals surface area contributed by atoms with Gasteiger partial charge in [0.05, 0.1) is 22.3 Å². The Hall–Kier alpha value is -5.88. The first-order valence-electron chi connectivity index (χ1n) is 20.9. The number of hydrogen-bond donors (Lipinski definition) is 2. The Bertz CT molecular complexity index is 2500. The van der Waals surface area contributed by atoms with Crippen molar-refractivity contribution in [2.45, 2.75) is 78.2 Å². The Kier molecular flexibility index (Phi) is 11.6. The molecule has 2 saturated heterocycles. The molecule has 3 aromatic carbocycles. The zero-order valence-corrected chi connectivity index (χ0v) is 33.8. The lowest BCUT2D eigenvalue weighted by molar-refractivity contribution is -0.135. The average molecular weight is 780 g/mol. The molecule has 300 valence electrons. The Morgan fingerprint density at radius 2 is 1.57 bits per heavy atom. The van der Waals surface area contributed by atoms with Crippen LogP contribution in [0.4, 0.5) is 11.5 Å². The maximum absolute atomic E-state index is 13.7. The van der Waals surface area contributed by atoms with Crippen LogP contribution in [0.2, 0.25) is 0 Å². The van der Waals surface area contributed by atoms with Crippen LogP contribution in [0.5, 0.6) is 0 Å². The second kappa shape index (κ2) is 17.3. The third kappa shape index (κ3) is 8.11. The van der Waals surface area contributed by atoms with Crippen LogP contribution in [0.1, 0.15) is 75.0 Å². The molecule has 2 aliphatic rings. The maximum Gasteiger partial charge on any atom is 0.264 e. The van der Waals surface area contributed by atoms with E-state index in [2.05, 4.69) is 98.4 Å². The number of carbonyl (C=O) groups is 2. The van der Waals surface area contributed by atoms with Gasteiger partial charge in [0.15, 0.2) is 5.65 Å². The van der Waals surface area contributed by atoms with Gasteiger partial charge in [-0.05, 0) is 69.3 Å². The van der Waals surface area contributed by atoms with Crippen molar-refractivity contribution < 1.29 is 9.59 Å².